The van der Waals surface area contributed by atoms with Crippen molar-refractivity contribution in [3.63, 3.8) is 0 Å². The lowest BCUT2D eigenvalue weighted by Gasteiger charge is -2.19. The number of hydrogen-bond donors (Lipinski definition) is 0. The smallest absolute Gasteiger partial charge is 0.133 e. The summed E-state index contributed by atoms with van der Waals surface area (Å²) in [6.45, 7) is 2.05. The number of fused-ring (bicyclic) bond motifs is 1. The van der Waals surface area contributed by atoms with Crippen LogP contribution in [0, 0.1) is 17.5 Å². The van der Waals surface area contributed by atoms with E-state index in [1.54, 1.807) is 12.1 Å². The van der Waals surface area contributed by atoms with Crippen molar-refractivity contribution in [1.82, 2.24) is 0 Å². The fourth-order valence-corrected chi connectivity index (χ4v) is 3.15. The molecule has 3 rings (SSSR count). The van der Waals surface area contributed by atoms with Crippen molar-refractivity contribution < 1.29 is 13.2 Å². The average Bonchev–Trinajstić information content (AvgIpc) is 2.52. The molecule has 0 bridgehead atoms. The van der Waals surface area contributed by atoms with Gasteiger partial charge in [-0.3, -0.25) is 0 Å². The van der Waals surface area contributed by atoms with E-state index in [0.717, 1.165) is 18.4 Å². The highest BCUT2D eigenvalue weighted by atomic mass is 19.1. The molecule has 0 unspecified atom stereocenters. The molecule has 2 aromatic carbocycles. The van der Waals surface area contributed by atoms with Gasteiger partial charge in [0, 0.05) is 5.56 Å². The first kappa shape index (κ1) is 15.9. The van der Waals surface area contributed by atoms with Crippen LogP contribution in [0.4, 0.5) is 13.2 Å². The maximum atomic E-state index is 14.4. The Kier molecular flexibility index (Phi) is 4.56. The van der Waals surface area contributed by atoms with Gasteiger partial charge in [0.05, 0.1) is 0 Å². The van der Waals surface area contributed by atoms with Crippen LogP contribution in [0.25, 0.3) is 5.57 Å². The zero-order valence-electron chi connectivity index (χ0n) is 13.1. The summed E-state index contributed by atoms with van der Waals surface area (Å²) in [5.41, 5.74) is 2.74. The number of benzene rings is 2. The summed E-state index contributed by atoms with van der Waals surface area (Å²) in [5, 5.41) is 0. The molecule has 0 heterocycles. The molecule has 0 N–H and O–H groups in total. The third-order valence-electron chi connectivity index (χ3n) is 4.39. The van der Waals surface area contributed by atoms with Crippen LogP contribution in [-0.4, -0.2) is 0 Å². The van der Waals surface area contributed by atoms with Crippen LogP contribution < -0.4 is 0 Å². The normalized spacial score (nSPS) is 13.7. The van der Waals surface area contributed by atoms with E-state index in [-0.39, 0.29) is 11.4 Å². The number of rotatable bonds is 4. The quantitative estimate of drug-likeness (QED) is 0.686. The molecule has 3 heteroatoms. The van der Waals surface area contributed by atoms with E-state index in [1.807, 2.05) is 13.0 Å². The summed E-state index contributed by atoms with van der Waals surface area (Å²) in [6.07, 6.45) is 5.03. The molecule has 0 saturated heterocycles. The molecule has 1 aliphatic rings. The Morgan fingerprint density at radius 1 is 1.00 bits per heavy atom. The molecule has 0 fully saturated rings. The predicted octanol–water partition coefficient (Wildman–Crippen LogP) is 5.63. The Balaban J connectivity index is 1.93. The fraction of sp³-hybridized carbons (Fsp3) is 0.300. The highest BCUT2D eigenvalue weighted by Gasteiger charge is 2.20. The van der Waals surface area contributed by atoms with Crippen LogP contribution in [0.1, 0.15) is 42.0 Å². The molecule has 0 saturated carbocycles. The first-order valence-corrected chi connectivity index (χ1v) is 8.03. The zero-order valence-corrected chi connectivity index (χ0v) is 13.1. The van der Waals surface area contributed by atoms with E-state index in [2.05, 4.69) is 0 Å². The number of aryl methyl sites for hydroxylation is 1. The molecule has 0 spiro atoms. The zero-order chi connectivity index (χ0) is 16.4. The van der Waals surface area contributed by atoms with Crippen molar-refractivity contribution in [3.05, 3.63) is 76.1 Å². The molecule has 0 nitrogen and oxygen atoms in total. The molecular formula is C20H19F3. The van der Waals surface area contributed by atoms with E-state index < -0.39 is 11.6 Å². The third kappa shape index (κ3) is 3.19. The molecule has 2 aromatic rings. The lowest BCUT2D eigenvalue weighted by atomic mass is 9.87. The van der Waals surface area contributed by atoms with Gasteiger partial charge in [-0.25, -0.2) is 13.2 Å². The van der Waals surface area contributed by atoms with Crippen LogP contribution in [0.5, 0.6) is 0 Å². The van der Waals surface area contributed by atoms with Crippen LogP contribution >= 0.6 is 0 Å². The Labute approximate surface area is 134 Å². The third-order valence-corrected chi connectivity index (χ3v) is 4.39. The van der Waals surface area contributed by atoms with Crippen molar-refractivity contribution in [2.45, 2.75) is 39.0 Å². The van der Waals surface area contributed by atoms with Gasteiger partial charge >= 0.3 is 0 Å². The summed E-state index contributed by atoms with van der Waals surface area (Å²) in [7, 11) is 0. The second-order valence-electron chi connectivity index (χ2n) is 6.03. The molecule has 1 aliphatic carbocycles. The minimum absolute atomic E-state index is 0.0279. The Morgan fingerprint density at radius 2 is 1.74 bits per heavy atom. The summed E-state index contributed by atoms with van der Waals surface area (Å²) in [6, 6.07) is 7.72. The van der Waals surface area contributed by atoms with Gasteiger partial charge in [-0.1, -0.05) is 31.6 Å². The van der Waals surface area contributed by atoms with Gasteiger partial charge in [-0.2, -0.15) is 0 Å². The van der Waals surface area contributed by atoms with Crippen LogP contribution in [0.3, 0.4) is 0 Å². The van der Waals surface area contributed by atoms with Gasteiger partial charge in [0.15, 0.2) is 0 Å². The predicted molar refractivity (Wildman–Crippen MR) is 86.8 cm³/mol. The number of allylic oxidation sites excluding steroid dienone is 2. The lowest BCUT2D eigenvalue weighted by Crippen LogP contribution is -2.08. The van der Waals surface area contributed by atoms with Gasteiger partial charge in [0.2, 0.25) is 0 Å². The molecule has 0 aromatic heterocycles. The summed E-state index contributed by atoms with van der Waals surface area (Å²) in [4.78, 5) is 0. The van der Waals surface area contributed by atoms with E-state index in [4.69, 9.17) is 0 Å². The van der Waals surface area contributed by atoms with Crippen molar-refractivity contribution in [3.8, 4) is 0 Å². The van der Waals surface area contributed by atoms with Crippen LogP contribution in [0.15, 0.2) is 36.4 Å². The van der Waals surface area contributed by atoms with Crippen LogP contribution in [-0.2, 0) is 19.3 Å². The largest absolute Gasteiger partial charge is 0.207 e. The Hall–Kier alpha value is -2.03. The van der Waals surface area contributed by atoms with E-state index in [1.165, 1.54) is 18.2 Å². The first-order valence-electron chi connectivity index (χ1n) is 8.03. The Bertz CT molecular complexity index is 736. The van der Waals surface area contributed by atoms with Gasteiger partial charge in [0.25, 0.3) is 0 Å². The van der Waals surface area contributed by atoms with Crippen molar-refractivity contribution >= 4 is 5.57 Å². The number of unbranched alkanes of at least 4 members (excludes halogenated alkanes) is 1. The van der Waals surface area contributed by atoms with Crippen molar-refractivity contribution in [2.75, 3.05) is 0 Å². The Morgan fingerprint density at radius 3 is 2.43 bits per heavy atom. The summed E-state index contributed by atoms with van der Waals surface area (Å²) >= 11 is 0. The van der Waals surface area contributed by atoms with Crippen molar-refractivity contribution in [1.29, 1.82) is 0 Å². The van der Waals surface area contributed by atoms with Gasteiger partial charge in [0.1, 0.15) is 17.5 Å². The van der Waals surface area contributed by atoms with E-state index in [9.17, 15) is 13.2 Å². The lowest BCUT2D eigenvalue weighted by molar-refractivity contribution is 0.570. The second kappa shape index (κ2) is 6.61. The second-order valence-corrected chi connectivity index (χ2v) is 6.03. The molecule has 0 radical (unpaired) electrons. The highest BCUT2D eigenvalue weighted by molar-refractivity contribution is 5.71. The molecule has 0 amide bonds. The molecule has 120 valence electrons. The molecule has 0 aliphatic heterocycles. The number of hydrogen-bond acceptors (Lipinski definition) is 0. The summed E-state index contributed by atoms with van der Waals surface area (Å²) < 4.78 is 42.6. The first-order chi connectivity index (χ1) is 11.1. The minimum atomic E-state index is -0.526. The maximum absolute atomic E-state index is 14.4. The SMILES string of the molecule is CCCCc1cc(F)c(C2=CCc3c(F)cccc3C2)c(F)c1. The fourth-order valence-electron chi connectivity index (χ4n) is 3.15. The van der Waals surface area contributed by atoms with Crippen LogP contribution in [0.2, 0.25) is 0 Å². The maximum Gasteiger partial charge on any atom is 0.133 e. The summed E-state index contributed by atoms with van der Waals surface area (Å²) in [5.74, 6) is -1.31. The monoisotopic (exact) mass is 316 g/mol. The average molecular weight is 316 g/mol. The van der Waals surface area contributed by atoms with Gasteiger partial charge in [-0.05, 0) is 66.1 Å². The standard InChI is InChI=1S/C20H19F3/c1-2-3-5-13-10-18(22)20(19(23)11-13)15-8-9-16-14(12-15)6-4-7-17(16)21/h4,6-8,10-11H,2-3,5,9,12H2,1H3. The van der Waals surface area contributed by atoms with Gasteiger partial charge in [-0.15, -0.1) is 0 Å². The molecule has 23 heavy (non-hydrogen) atoms. The van der Waals surface area contributed by atoms with Crippen molar-refractivity contribution in [2.24, 2.45) is 0 Å². The number of halogens is 3. The van der Waals surface area contributed by atoms with E-state index in [0.29, 0.717) is 36.0 Å². The van der Waals surface area contributed by atoms with E-state index >= 15 is 0 Å². The van der Waals surface area contributed by atoms with Gasteiger partial charge < -0.3 is 0 Å². The topological polar surface area (TPSA) is 0 Å². The molecule has 0 atom stereocenters. The molecular weight excluding hydrogens is 297 g/mol. The minimum Gasteiger partial charge on any atom is -0.207 e. The highest BCUT2D eigenvalue weighted by Crippen LogP contribution is 2.32.